The fourth-order valence-electron chi connectivity index (χ4n) is 2.77. The quantitative estimate of drug-likeness (QED) is 0.889. The summed E-state index contributed by atoms with van der Waals surface area (Å²) in [6, 6.07) is 1.80. The first-order valence-electron chi connectivity index (χ1n) is 7.06. The topological polar surface area (TPSA) is 71.2 Å². The predicted molar refractivity (Wildman–Crippen MR) is 85.7 cm³/mol. The summed E-state index contributed by atoms with van der Waals surface area (Å²) in [4.78, 5) is 18.3. The second-order valence-electron chi connectivity index (χ2n) is 5.43. The van der Waals surface area contributed by atoms with Crippen molar-refractivity contribution < 1.29 is 4.79 Å². The maximum atomic E-state index is 12.2. The molecular formula is C14H20Cl2N4O. The number of aromatic nitrogens is 1. The standard InChI is InChI=1S/C14H20Cl2N4O/c1-9-3-2-4-20(12(9)6-17)8-13(21)19-14-11(16)5-10(15)7-18-14/h5,7,9,12H,2-4,6,8,17H2,1H3,(H,18,19,21). The summed E-state index contributed by atoms with van der Waals surface area (Å²) in [6.45, 7) is 3.93. The molecule has 2 atom stereocenters. The summed E-state index contributed by atoms with van der Waals surface area (Å²) in [5.74, 6) is 0.702. The number of likely N-dealkylation sites (tertiary alicyclic amines) is 1. The van der Waals surface area contributed by atoms with Crippen molar-refractivity contribution in [2.75, 3.05) is 25.0 Å². The average molecular weight is 331 g/mol. The van der Waals surface area contributed by atoms with E-state index < -0.39 is 0 Å². The molecule has 2 rings (SSSR count). The summed E-state index contributed by atoms with van der Waals surface area (Å²) in [7, 11) is 0. The Morgan fingerprint density at radius 3 is 3.00 bits per heavy atom. The molecule has 1 aliphatic rings. The van der Waals surface area contributed by atoms with Crippen molar-refractivity contribution in [1.82, 2.24) is 9.88 Å². The molecule has 5 nitrogen and oxygen atoms in total. The van der Waals surface area contributed by atoms with Crippen LogP contribution < -0.4 is 11.1 Å². The Kier molecular flexibility index (Phi) is 5.81. The number of carbonyl (C=O) groups excluding carboxylic acids is 1. The largest absolute Gasteiger partial charge is 0.329 e. The van der Waals surface area contributed by atoms with Crippen LogP contribution in [-0.4, -0.2) is 41.5 Å². The van der Waals surface area contributed by atoms with Crippen LogP contribution in [0.15, 0.2) is 12.3 Å². The van der Waals surface area contributed by atoms with Gasteiger partial charge in [0.2, 0.25) is 5.91 Å². The van der Waals surface area contributed by atoms with E-state index in [0.717, 1.165) is 19.4 Å². The van der Waals surface area contributed by atoms with Gasteiger partial charge in [-0.15, -0.1) is 0 Å². The Morgan fingerprint density at radius 2 is 2.33 bits per heavy atom. The van der Waals surface area contributed by atoms with E-state index >= 15 is 0 Å². The van der Waals surface area contributed by atoms with Gasteiger partial charge in [-0.2, -0.15) is 0 Å². The molecule has 0 saturated carbocycles. The van der Waals surface area contributed by atoms with Gasteiger partial charge in [0.05, 0.1) is 16.6 Å². The molecular weight excluding hydrogens is 311 g/mol. The molecule has 0 aliphatic carbocycles. The molecule has 0 aromatic carbocycles. The number of anilines is 1. The minimum Gasteiger partial charge on any atom is -0.329 e. The molecule has 1 aliphatic heterocycles. The van der Waals surface area contributed by atoms with E-state index in [0.29, 0.717) is 34.9 Å². The van der Waals surface area contributed by atoms with E-state index in [1.54, 1.807) is 6.07 Å². The molecule has 21 heavy (non-hydrogen) atoms. The third-order valence-corrected chi connectivity index (χ3v) is 4.38. The first-order valence-corrected chi connectivity index (χ1v) is 7.82. The number of rotatable bonds is 4. The normalized spacial score (nSPS) is 23.0. The Hall–Kier alpha value is -0.880. The third-order valence-electron chi connectivity index (χ3n) is 3.88. The summed E-state index contributed by atoms with van der Waals surface area (Å²) in [5, 5.41) is 3.49. The summed E-state index contributed by atoms with van der Waals surface area (Å²) >= 11 is 11.8. The van der Waals surface area contributed by atoms with E-state index in [9.17, 15) is 4.79 Å². The van der Waals surface area contributed by atoms with Crippen LogP contribution >= 0.6 is 23.2 Å². The molecule has 7 heteroatoms. The molecule has 1 amide bonds. The third kappa shape index (κ3) is 4.30. The highest BCUT2D eigenvalue weighted by Crippen LogP contribution is 2.24. The fraction of sp³-hybridized carbons (Fsp3) is 0.571. The highest BCUT2D eigenvalue weighted by atomic mass is 35.5. The molecule has 2 unspecified atom stereocenters. The van der Waals surface area contributed by atoms with Crippen LogP contribution in [0, 0.1) is 5.92 Å². The molecule has 1 saturated heterocycles. The van der Waals surface area contributed by atoms with Crippen LogP contribution in [0.1, 0.15) is 19.8 Å². The van der Waals surface area contributed by atoms with E-state index in [-0.39, 0.29) is 11.9 Å². The van der Waals surface area contributed by atoms with Crippen molar-refractivity contribution in [1.29, 1.82) is 0 Å². The lowest BCUT2D eigenvalue weighted by atomic mass is 9.91. The Labute approximate surface area is 134 Å². The molecule has 2 heterocycles. The smallest absolute Gasteiger partial charge is 0.239 e. The van der Waals surface area contributed by atoms with Crippen molar-refractivity contribution in [3.8, 4) is 0 Å². The number of hydrogen-bond donors (Lipinski definition) is 2. The van der Waals surface area contributed by atoms with Gasteiger partial charge >= 0.3 is 0 Å². The molecule has 0 spiro atoms. The van der Waals surface area contributed by atoms with E-state index in [1.807, 2.05) is 0 Å². The van der Waals surface area contributed by atoms with Crippen molar-refractivity contribution in [2.24, 2.45) is 11.7 Å². The van der Waals surface area contributed by atoms with Gasteiger partial charge in [-0.05, 0) is 31.4 Å². The number of pyridine rings is 1. The number of piperidine rings is 1. The maximum absolute atomic E-state index is 12.2. The lowest BCUT2D eigenvalue weighted by Gasteiger charge is -2.38. The van der Waals surface area contributed by atoms with Crippen molar-refractivity contribution in [2.45, 2.75) is 25.8 Å². The van der Waals surface area contributed by atoms with Gasteiger partial charge in [-0.1, -0.05) is 30.1 Å². The minimum atomic E-state index is -0.140. The van der Waals surface area contributed by atoms with Gasteiger partial charge in [0, 0.05) is 18.8 Å². The zero-order valence-electron chi connectivity index (χ0n) is 12.0. The van der Waals surface area contributed by atoms with Gasteiger partial charge < -0.3 is 11.1 Å². The van der Waals surface area contributed by atoms with Gasteiger partial charge in [-0.25, -0.2) is 4.98 Å². The van der Waals surface area contributed by atoms with Crippen molar-refractivity contribution in [3.05, 3.63) is 22.3 Å². The Bertz CT molecular complexity index is 512. The number of hydrogen-bond acceptors (Lipinski definition) is 4. The zero-order valence-corrected chi connectivity index (χ0v) is 13.5. The summed E-state index contributed by atoms with van der Waals surface area (Å²) < 4.78 is 0. The monoisotopic (exact) mass is 330 g/mol. The number of halogens is 2. The lowest BCUT2D eigenvalue weighted by molar-refractivity contribution is -0.118. The zero-order chi connectivity index (χ0) is 15.4. The van der Waals surface area contributed by atoms with Gasteiger partial charge in [0.25, 0.3) is 0 Å². The first kappa shape index (κ1) is 16.5. The molecule has 0 bridgehead atoms. The van der Waals surface area contributed by atoms with Crippen molar-refractivity contribution >= 4 is 34.9 Å². The van der Waals surface area contributed by atoms with Gasteiger partial charge in [0.15, 0.2) is 5.82 Å². The second-order valence-corrected chi connectivity index (χ2v) is 6.27. The van der Waals surface area contributed by atoms with Gasteiger partial charge in [-0.3, -0.25) is 9.69 Å². The average Bonchev–Trinajstić information content (AvgIpc) is 2.42. The van der Waals surface area contributed by atoms with Crippen LogP contribution in [0.2, 0.25) is 10.0 Å². The number of carbonyl (C=O) groups is 1. The Morgan fingerprint density at radius 1 is 1.57 bits per heavy atom. The summed E-state index contributed by atoms with van der Waals surface area (Å²) in [6.07, 6.45) is 3.70. The van der Waals surface area contributed by atoms with Gasteiger partial charge in [0.1, 0.15) is 0 Å². The minimum absolute atomic E-state index is 0.140. The highest BCUT2D eigenvalue weighted by Gasteiger charge is 2.28. The molecule has 0 radical (unpaired) electrons. The van der Waals surface area contributed by atoms with Crippen LogP contribution in [0.4, 0.5) is 5.82 Å². The lowest BCUT2D eigenvalue weighted by Crippen LogP contribution is -2.51. The molecule has 1 fully saturated rings. The van der Waals surface area contributed by atoms with Crippen molar-refractivity contribution in [3.63, 3.8) is 0 Å². The number of nitrogens with zero attached hydrogens (tertiary/aromatic N) is 2. The predicted octanol–water partition coefficient (Wildman–Crippen LogP) is 2.39. The number of nitrogens with two attached hydrogens (primary N) is 1. The van der Waals surface area contributed by atoms with Crippen LogP contribution in [0.25, 0.3) is 0 Å². The molecule has 1 aromatic heterocycles. The van der Waals surface area contributed by atoms with Crippen LogP contribution in [-0.2, 0) is 4.79 Å². The molecule has 1 aromatic rings. The molecule has 3 N–H and O–H groups in total. The first-order chi connectivity index (χ1) is 10.0. The fourth-order valence-corrected chi connectivity index (χ4v) is 3.20. The summed E-state index contributed by atoms with van der Waals surface area (Å²) in [5.41, 5.74) is 5.83. The van der Waals surface area contributed by atoms with Crippen LogP contribution in [0.5, 0.6) is 0 Å². The molecule has 116 valence electrons. The Balaban J connectivity index is 1.97. The highest BCUT2D eigenvalue weighted by molar-refractivity contribution is 6.36. The van der Waals surface area contributed by atoms with E-state index in [2.05, 4.69) is 22.1 Å². The van der Waals surface area contributed by atoms with Crippen LogP contribution in [0.3, 0.4) is 0 Å². The number of nitrogens with one attached hydrogen (secondary N) is 1. The number of amides is 1. The SMILES string of the molecule is CC1CCCN(CC(=O)Nc2ncc(Cl)cc2Cl)C1CN. The second kappa shape index (κ2) is 7.40. The maximum Gasteiger partial charge on any atom is 0.239 e. The van der Waals surface area contributed by atoms with E-state index in [4.69, 9.17) is 28.9 Å². The van der Waals surface area contributed by atoms with E-state index in [1.165, 1.54) is 6.20 Å².